The first-order valence-corrected chi connectivity index (χ1v) is 6.50. The number of rotatable bonds is 4. The number of hydrogen-bond acceptors (Lipinski definition) is 6. The van der Waals surface area contributed by atoms with Gasteiger partial charge in [0.1, 0.15) is 0 Å². The molecule has 1 amide bonds. The van der Waals surface area contributed by atoms with Gasteiger partial charge in [0.15, 0.2) is 0 Å². The number of nitro groups is 1. The van der Waals surface area contributed by atoms with Gasteiger partial charge in [-0.1, -0.05) is 6.07 Å². The summed E-state index contributed by atoms with van der Waals surface area (Å²) in [6.45, 7) is 1.49. The van der Waals surface area contributed by atoms with E-state index in [9.17, 15) is 14.9 Å². The van der Waals surface area contributed by atoms with Gasteiger partial charge in [0, 0.05) is 25.7 Å². The molecule has 8 heteroatoms. The van der Waals surface area contributed by atoms with Crippen LogP contribution < -0.4 is 10.5 Å². The quantitative estimate of drug-likeness (QED) is 0.636. The summed E-state index contributed by atoms with van der Waals surface area (Å²) in [6, 6.07) is 4.29. The molecule has 1 heterocycles. The van der Waals surface area contributed by atoms with Crippen molar-refractivity contribution in [2.24, 2.45) is 5.73 Å². The van der Waals surface area contributed by atoms with Crippen LogP contribution in [0.15, 0.2) is 18.2 Å². The number of para-hydroxylation sites is 1. The van der Waals surface area contributed by atoms with E-state index in [1.54, 1.807) is 4.90 Å². The molecule has 21 heavy (non-hydrogen) atoms. The number of carbonyl (C=O) groups is 1. The van der Waals surface area contributed by atoms with E-state index in [0.29, 0.717) is 26.2 Å². The van der Waals surface area contributed by atoms with Gasteiger partial charge in [0.2, 0.25) is 5.75 Å². The number of nitrogens with two attached hydrogens (primary N) is 1. The Hall–Kier alpha value is -2.19. The highest BCUT2D eigenvalue weighted by molar-refractivity contribution is 5.98. The Morgan fingerprint density at radius 1 is 1.62 bits per heavy atom. The average molecular weight is 295 g/mol. The van der Waals surface area contributed by atoms with Gasteiger partial charge < -0.3 is 20.1 Å². The number of nitrogens with zero attached hydrogens (tertiary/aromatic N) is 2. The van der Waals surface area contributed by atoms with Gasteiger partial charge in [0.25, 0.3) is 5.91 Å². The van der Waals surface area contributed by atoms with Gasteiger partial charge >= 0.3 is 5.69 Å². The van der Waals surface area contributed by atoms with Crippen LogP contribution >= 0.6 is 0 Å². The van der Waals surface area contributed by atoms with Crippen molar-refractivity contribution >= 4 is 11.6 Å². The number of carbonyl (C=O) groups excluding carboxylic acids is 1. The molecule has 8 nitrogen and oxygen atoms in total. The molecule has 114 valence electrons. The SMILES string of the molecule is COc1c(C(=O)N2CCOC(CN)C2)cccc1[N+](=O)[O-]. The van der Waals surface area contributed by atoms with Crippen molar-refractivity contribution in [1.29, 1.82) is 0 Å². The first-order valence-electron chi connectivity index (χ1n) is 6.50. The predicted octanol–water partition coefficient (Wildman–Crippen LogP) is 0.403. The molecule has 1 aliphatic heterocycles. The van der Waals surface area contributed by atoms with Gasteiger partial charge in [-0.15, -0.1) is 0 Å². The van der Waals surface area contributed by atoms with Crippen LogP contribution in [-0.4, -0.2) is 55.2 Å². The summed E-state index contributed by atoms with van der Waals surface area (Å²) in [6.07, 6.45) is -0.215. The van der Waals surface area contributed by atoms with Crippen molar-refractivity contribution in [3.63, 3.8) is 0 Å². The summed E-state index contributed by atoms with van der Waals surface area (Å²) in [5.74, 6) is -0.347. The molecule has 0 aromatic heterocycles. The lowest BCUT2D eigenvalue weighted by atomic mass is 10.1. The minimum Gasteiger partial charge on any atom is -0.490 e. The Balaban J connectivity index is 2.30. The smallest absolute Gasteiger partial charge is 0.311 e. The van der Waals surface area contributed by atoms with Crippen LogP contribution in [0.2, 0.25) is 0 Å². The third kappa shape index (κ3) is 3.11. The maximum absolute atomic E-state index is 12.5. The van der Waals surface area contributed by atoms with Crippen LogP contribution in [0.1, 0.15) is 10.4 Å². The Bertz CT molecular complexity index is 549. The van der Waals surface area contributed by atoms with Crippen LogP contribution in [0.3, 0.4) is 0 Å². The molecule has 0 bridgehead atoms. The van der Waals surface area contributed by atoms with E-state index in [4.69, 9.17) is 15.2 Å². The average Bonchev–Trinajstić information content (AvgIpc) is 2.53. The van der Waals surface area contributed by atoms with Gasteiger partial charge in [-0.25, -0.2) is 0 Å². The van der Waals surface area contributed by atoms with E-state index in [1.807, 2.05) is 0 Å². The third-order valence-corrected chi connectivity index (χ3v) is 3.31. The molecule has 1 aromatic rings. The summed E-state index contributed by atoms with van der Waals surface area (Å²) < 4.78 is 10.5. The van der Waals surface area contributed by atoms with E-state index >= 15 is 0 Å². The van der Waals surface area contributed by atoms with Crippen LogP contribution in [-0.2, 0) is 4.74 Å². The van der Waals surface area contributed by atoms with Gasteiger partial charge in [-0.05, 0) is 6.07 Å². The van der Waals surface area contributed by atoms with Gasteiger partial charge in [-0.3, -0.25) is 14.9 Å². The van der Waals surface area contributed by atoms with Crippen molar-refractivity contribution < 1.29 is 19.2 Å². The second-order valence-corrected chi connectivity index (χ2v) is 4.59. The maximum Gasteiger partial charge on any atom is 0.311 e. The Kier molecular flexibility index (Phi) is 4.71. The van der Waals surface area contributed by atoms with Crippen LogP contribution in [0, 0.1) is 10.1 Å². The molecular formula is C13H17N3O5. The first kappa shape index (κ1) is 15.2. The van der Waals surface area contributed by atoms with E-state index in [-0.39, 0.29) is 29.0 Å². The number of nitro benzene ring substituents is 1. The molecule has 1 unspecified atom stereocenters. The Morgan fingerprint density at radius 2 is 2.38 bits per heavy atom. The monoisotopic (exact) mass is 295 g/mol. The topological polar surface area (TPSA) is 108 Å². The van der Waals surface area contributed by atoms with Crippen molar-refractivity contribution in [1.82, 2.24) is 4.90 Å². The zero-order valence-corrected chi connectivity index (χ0v) is 11.7. The van der Waals surface area contributed by atoms with Crippen molar-refractivity contribution in [3.05, 3.63) is 33.9 Å². The van der Waals surface area contributed by atoms with Gasteiger partial charge in [0.05, 0.1) is 30.3 Å². The second kappa shape index (κ2) is 6.51. The van der Waals surface area contributed by atoms with E-state index in [2.05, 4.69) is 0 Å². The highest BCUT2D eigenvalue weighted by atomic mass is 16.6. The summed E-state index contributed by atoms with van der Waals surface area (Å²) in [4.78, 5) is 24.5. The molecule has 1 aliphatic rings. The molecule has 1 atom stereocenters. The number of amides is 1. The standard InChI is InChI=1S/C13H17N3O5/c1-20-12-10(3-2-4-11(12)16(18)19)13(17)15-5-6-21-9(7-14)8-15/h2-4,9H,5-8,14H2,1H3. The number of ether oxygens (including phenoxy) is 2. The van der Waals surface area contributed by atoms with Crippen molar-refractivity contribution in [2.75, 3.05) is 33.4 Å². The molecule has 0 aliphatic carbocycles. The lowest BCUT2D eigenvalue weighted by molar-refractivity contribution is -0.385. The molecule has 0 radical (unpaired) electrons. The maximum atomic E-state index is 12.5. The van der Waals surface area contributed by atoms with E-state index in [1.165, 1.54) is 25.3 Å². The Morgan fingerprint density at radius 3 is 3.00 bits per heavy atom. The zero-order valence-electron chi connectivity index (χ0n) is 11.7. The fraction of sp³-hybridized carbons (Fsp3) is 0.462. The lowest BCUT2D eigenvalue weighted by Crippen LogP contribution is -2.48. The highest BCUT2D eigenvalue weighted by Gasteiger charge is 2.29. The van der Waals surface area contributed by atoms with Crippen molar-refractivity contribution in [2.45, 2.75) is 6.10 Å². The zero-order chi connectivity index (χ0) is 15.4. The molecule has 1 fully saturated rings. The third-order valence-electron chi connectivity index (χ3n) is 3.31. The number of methoxy groups -OCH3 is 1. The minimum atomic E-state index is -0.572. The summed E-state index contributed by atoms with van der Waals surface area (Å²) in [5, 5.41) is 11.0. The fourth-order valence-electron chi connectivity index (χ4n) is 2.27. The molecule has 2 N–H and O–H groups in total. The fourth-order valence-corrected chi connectivity index (χ4v) is 2.27. The van der Waals surface area contributed by atoms with Crippen LogP contribution in [0.5, 0.6) is 5.75 Å². The van der Waals surface area contributed by atoms with Gasteiger partial charge in [-0.2, -0.15) is 0 Å². The normalized spacial score (nSPS) is 18.4. The van der Waals surface area contributed by atoms with Crippen LogP contribution in [0.25, 0.3) is 0 Å². The summed E-state index contributed by atoms with van der Waals surface area (Å²) in [5.41, 5.74) is 5.49. The second-order valence-electron chi connectivity index (χ2n) is 4.59. The molecular weight excluding hydrogens is 278 g/mol. The molecule has 2 rings (SSSR count). The lowest BCUT2D eigenvalue weighted by Gasteiger charge is -2.32. The molecule has 1 aromatic carbocycles. The Labute approximate surface area is 121 Å². The van der Waals surface area contributed by atoms with Crippen LogP contribution in [0.4, 0.5) is 5.69 Å². The predicted molar refractivity (Wildman–Crippen MR) is 74.3 cm³/mol. The highest BCUT2D eigenvalue weighted by Crippen LogP contribution is 2.31. The molecule has 0 spiro atoms. The first-order chi connectivity index (χ1) is 10.1. The number of benzene rings is 1. The summed E-state index contributed by atoms with van der Waals surface area (Å²) in [7, 11) is 1.31. The summed E-state index contributed by atoms with van der Waals surface area (Å²) >= 11 is 0. The largest absolute Gasteiger partial charge is 0.490 e. The van der Waals surface area contributed by atoms with E-state index in [0.717, 1.165) is 0 Å². The number of morpholine rings is 1. The number of hydrogen-bond donors (Lipinski definition) is 1. The van der Waals surface area contributed by atoms with Crippen molar-refractivity contribution in [3.8, 4) is 5.75 Å². The van der Waals surface area contributed by atoms with E-state index < -0.39 is 4.92 Å². The molecule has 1 saturated heterocycles. The molecule has 0 saturated carbocycles. The minimum absolute atomic E-state index is 0.0247.